The van der Waals surface area contributed by atoms with Gasteiger partial charge in [-0.05, 0) is 27.3 Å². The summed E-state index contributed by atoms with van der Waals surface area (Å²) in [5.41, 5.74) is -0.0498. The fourth-order valence-electron chi connectivity index (χ4n) is 1.14. The molecule has 13 heavy (non-hydrogen) atoms. The Kier molecular flexibility index (Phi) is 7.23. The Morgan fingerprint density at radius 2 is 1.92 bits per heavy atom. The summed E-state index contributed by atoms with van der Waals surface area (Å²) in [6, 6.07) is 0. The Hall–Kier alpha value is -0.120. The summed E-state index contributed by atoms with van der Waals surface area (Å²) in [6.45, 7) is 9.27. The van der Waals surface area contributed by atoms with Crippen LogP contribution in [0.3, 0.4) is 0 Å². The molecule has 0 spiro atoms. The van der Waals surface area contributed by atoms with Crippen LogP contribution in [0.15, 0.2) is 0 Å². The number of rotatable bonds is 8. The normalized spacial score (nSPS) is 15.7. The highest BCUT2D eigenvalue weighted by Crippen LogP contribution is 2.13. The fraction of sp³-hybridized carbons (Fsp3) is 1.00. The van der Waals surface area contributed by atoms with Crippen molar-refractivity contribution in [1.29, 1.82) is 0 Å². The number of ether oxygens (including phenoxy) is 2. The maximum Gasteiger partial charge on any atom is 0.0776 e. The van der Waals surface area contributed by atoms with Gasteiger partial charge in [-0.15, -0.1) is 0 Å². The fourth-order valence-corrected chi connectivity index (χ4v) is 1.14. The minimum Gasteiger partial charge on any atom is -0.379 e. The molecule has 0 aliphatic rings. The van der Waals surface area contributed by atoms with E-state index in [1.807, 2.05) is 14.0 Å². The summed E-state index contributed by atoms with van der Waals surface area (Å²) in [5.74, 6) is 0. The SMILES string of the molecule is CCOCCOC(C)(CC)CNC. The second kappa shape index (κ2) is 7.30. The zero-order valence-electron chi connectivity index (χ0n) is 9.35. The van der Waals surface area contributed by atoms with E-state index in [1.54, 1.807) is 0 Å². The Labute approximate surface area is 81.8 Å². The van der Waals surface area contributed by atoms with Crippen LogP contribution in [-0.2, 0) is 9.47 Å². The zero-order valence-corrected chi connectivity index (χ0v) is 9.35. The van der Waals surface area contributed by atoms with E-state index in [9.17, 15) is 0 Å². The summed E-state index contributed by atoms with van der Waals surface area (Å²) in [7, 11) is 1.94. The van der Waals surface area contributed by atoms with Crippen LogP contribution >= 0.6 is 0 Å². The van der Waals surface area contributed by atoms with Gasteiger partial charge in [-0.1, -0.05) is 6.92 Å². The summed E-state index contributed by atoms with van der Waals surface area (Å²) < 4.78 is 10.9. The van der Waals surface area contributed by atoms with Crippen LogP contribution in [-0.4, -0.2) is 39.0 Å². The Balaban J connectivity index is 3.57. The van der Waals surface area contributed by atoms with E-state index < -0.39 is 0 Å². The first-order valence-corrected chi connectivity index (χ1v) is 5.05. The van der Waals surface area contributed by atoms with Crippen LogP contribution in [0.1, 0.15) is 27.2 Å². The van der Waals surface area contributed by atoms with Crippen LogP contribution in [0.2, 0.25) is 0 Å². The molecule has 3 nitrogen and oxygen atoms in total. The monoisotopic (exact) mass is 189 g/mol. The lowest BCUT2D eigenvalue weighted by Gasteiger charge is -2.28. The molecule has 0 aliphatic heterocycles. The number of hydrogen-bond donors (Lipinski definition) is 1. The Morgan fingerprint density at radius 1 is 1.23 bits per heavy atom. The predicted molar refractivity (Wildman–Crippen MR) is 55.1 cm³/mol. The molecule has 80 valence electrons. The molecule has 0 saturated heterocycles. The average Bonchev–Trinajstić information content (AvgIpc) is 2.13. The molecule has 0 aromatic rings. The molecular formula is C10H23NO2. The van der Waals surface area contributed by atoms with E-state index in [0.717, 1.165) is 19.6 Å². The van der Waals surface area contributed by atoms with E-state index in [2.05, 4.69) is 19.2 Å². The summed E-state index contributed by atoms with van der Waals surface area (Å²) >= 11 is 0. The second-order valence-electron chi connectivity index (χ2n) is 3.38. The third kappa shape index (κ3) is 6.02. The lowest BCUT2D eigenvalue weighted by atomic mass is 10.0. The molecule has 0 rings (SSSR count). The topological polar surface area (TPSA) is 30.5 Å². The number of likely N-dealkylation sites (N-methyl/N-ethyl adjacent to an activating group) is 1. The molecule has 0 aromatic heterocycles. The molecule has 0 aromatic carbocycles. The molecule has 1 atom stereocenters. The van der Waals surface area contributed by atoms with Gasteiger partial charge in [0.2, 0.25) is 0 Å². The first-order valence-electron chi connectivity index (χ1n) is 5.05. The smallest absolute Gasteiger partial charge is 0.0776 e. The number of nitrogens with one attached hydrogen (secondary N) is 1. The van der Waals surface area contributed by atoms with Crippen molar-refractivity contribution < 1.29 is 9.47 Å². The van der Waals surface area contributed by atoms with Crippen LogP contribution in [0.5, 0.6) is 0 Å². The van der Waals surface area contributed by atoms with Gasteiger partial charge in [0.1, 0.15) is 0 Å². The molecule has 0 bridgehead atoms. The van der Waals surface area contributed by atoms with Crippen molar-refractivity contribution in [2.75, 3.05) is 33.4 Å². The van der Waals surface area contributed by atoms with Crippen molar-refractivity contribution in [3.8, 4) is 0 Å². The molecule has 1 N–H and O–H groups in total. The maximum atomic E-state index is 5.73. The van der Waals surface area contributed by atoms with E-state index in [0.29, 0.717) is 13.2 Å². The van der Waals surface area contributed by atoms with Gasteiger partial charge >= 0.3 is 0 Å². The lowest BCUT2D eigenvalue weighted by molar-refractivity contribution is -0.0555. The van der Waals surface area contributed by atoms with Crippen LogP contribution < -0.4 is 5.32 Å². The third-order valence-corrected chi connectivity index (χ3v) is 2.18. The Bertz CT molecular complexity index is 119. The van der Waals surface area contributed by atoms with Gasteiger partial charge in [0.05, 0.1) is 18.8 Å². The summed E-state index contributed by atoms with van der Waals surface area (Å²) in [6.07, 6.45) is 1.01. The largest absolute Gasteiger partial charge is 0.379 e. The van der Waals surface area contributed by atoms with Gasteiger partial charge in [-0.2, -0.15) is 0 Å². The van der Waals surface area contributed by atoms with Crippen molar-refractivity contribution in [2.24, 2.45) is 0 Å². The predicted octanol–water partition coefficient (Wildman–Crippen LogP) is 1.43. The molecule has 0 saturated carbocycles. The highest BCUT2D eigenvalue weighted by atomic mass is 16.5. The van der Waals surface area contributed by atoms with E-state index in [-0.39, 0.29) is 5.60 Å². The van der Waals surface area contributed by atoms with Gasteiger partial charge < -0.3 is 14.8 Å². The van der Waals surface area contributed by atoms with Crippen LogP contribution in [0, 0.1) is 0 Å². The molecule has 1 unspecified atom stereocenters. The Morgan fingerprint density at radius 3 is 2.38 bits per heavy atom. The van der Waals surface area contributed by atoms with E-state index >= 15 is 0 Å². The van der Waals surface area contributed by atoms with Gasteiger partial charge in [-0.25, -0.2) is 0 Å². The molecule has 0 radical (unpaired) electrons. The van der Waals surface area contributed by atoms with Crippen molar-refractivity contribution in [3.63, 3.8) is 0 Å². The van der Waals surface area contributed by atoms with Gasteiger partial charge in [0.25, 0.3) is 0 Å². The maximum absolute atomic E-state index is 5.73. The van der Waals surface area contributed by atoms with E-state index in [1.165, 1.54) is 0 Å². The molecule has 0 amide bonds. The first-order chi connectivity index (χ1) is 6.18. The summed E-state index contributed by atoms with van der Waals surface area (Å²) in [5, 5.41) is 3.13. The lowest BCUT2D eigenvalue weighted by Crippen LogP contribution is -2.39. The van der Waals surface area contributed by atoms with Gasteiger partial charge in [0, 0.05) is 13.2 Å². The van der Waals surface area contributed by atoms with E-state index in [4.69, 9.17) is 9.47 Å². The minimum absolute atomic E-state index is 0.0498. The minimum atomic E-state index is -0.0498. The molecule has 3 heteroatoms. The molecular weight excluding hydrogens is 166 g/mol. The zero-order chi connectivity index (χ0) is 10.2. The van der Waals surface area contributed by atoms with Gasteiger partial charge in [0.15, 0.2) is 0 Å². The summed E-state index contributed by atoms with van der Waals surface area (Å²) in [4.78, 5) is 0. The first kappa shape index (κ1) is 12.9. The quantitative estimate of drug-likeness (QED) is 0.586. The van der Waals surface area contributed by atoms with Crippen molar-refractivity contribution in [3.05, 3.63) is 0 Å². The van der Waals surface area contributed by atoms with Crippen molar-refractivity contribution >= 4 is 0 Å². The second-order valence-corrected chi connectivity index (χ2v) is 3.38. The van der Waals surface area contributed by atoms with Crippen molar-refractivity contribution in [2.45, 2.75) is 32.8 Å². The van der Waals surface area contributed by atoms with Crippen molar-refractivity contribution in [1.82, 2.24) is 5.32 Å². The standard InChI is InChI=1S/C10H23NO2/c1-5-10(3,9-11-4)13-8-7-12-6-2/h11H,5-9H2,1-4H3. The highest BCUT2D eigenvalue weighted by Gasteiger charge is 2.21. The van der Waals surface area contributed by atoms with Crippen LogP contribution in [0.25, 0.3) is 0 Å². The third-order valence-electron chi connectivity index (χ3n) is 2.18. The molecule has 0 fully saturated rings. The number of hydrogen-bond acceptors (Lipinski definition) is 3. The molecule has 0 aliphatic carbocycles. The van der Waals surface area contributed by atoms with Gasteiger partial charge in [-0.3, -0.25) is 0 Å². The molecule has 0 heterocycles. The highest BCUT2D eigenvalue weighted by molar-refractivity contribution is 4.75. The van der Waals surface area contributed by atoms with Crippen LogP contribution in [0.4, 0.5) is 0 Å². The average molecular weight is 189 g/mol.